The van der Waals surface area contributed by atoms with E-state index in [1.165, 1.54) is 11.8 Å². The molecule has 7 heteroatoms. The lowest BCUT2D eigenvalue weighted by molar-refractivity contribution is -0.122. The number of para-hydroxylation sites is 2. The Morgan fingerprint density at radius 3 is 2.07 bits per heavy atom. The Bertz CT molecular complexity index is 1150. The average Bonchev–Trinajstić information content (AvgIpc) is 3.22. The maximum atomic E-state index is 13.2. The second-order valence-electron chi connectivity index (χ2n) is 7.67. The van der Waals surface area contributed by atoms with E-state index in [9.17, 15) is 14.4 Å². The van der Waals surface area contributed by atoms with Crippen LogP contribution in [0.2, 0.25) is 0 Å². The number of hydrogen-bond donors (Lipinski definition) is 1. The molecule has 0 radical (unpaired) electrons. The third-order valence-corrected chi connectivity index (χ3v) is 5.77. The highest BCUT2D eigenvalue weighted by Crippen LogP contribution is 2.42. The molecule has 1 aliphatic heterocycles. The molecule has 1 aliphatic carbocycles. The van der Waals surface area contributed by atoms with Crippen LogP contribution >= 0.6 is 0 Å². The van der Waals surface area contributed by atoms with Crippen LogP contribution in [0.15, 0.2) is 60.7 Å². The number of carbonyl (C=O) groups excluding carboxylic acids is 3. The molecule has 2 aliphatic rings. The second kappa shape index (κ2) is 6.95. The molecule has 1 fully saturated rings. The van der Waals surface area contributed by atoms with Crippen LogP contribution in [0.4, 0.5) is 11.5 Å². The minimum absolute atomic E-state index is 0.183. The fourth-order valence-corrected chi connectivity index (χ4v) is 4.43. The van der Waals surface area contributed by atoms with Gasteiger partial charge >= 0.3 is 0 Å². The summed E-state index contributed by atoms with van der Waals surface area (Å²) < 4.78 is 1.69. The SMILES string of the molecule is CC(=O)Nc1c2c(nn1-c1ccccc1)CC1C(=O)N(c3ccccc3)C(=O)C1C2. The Hall–Kier alpha value is -3.74. The summed E-state index contributed by atoms with van der Waals surface area (Å²) in [7, 11) is 0. The van der Waals surface area contributed by atoms with Crippen molar-refractivity contribution in [3.63, 3.8) is 0 Å². The molecular weight excluding hydrogens is 380 g/mol. The second-order valence-corrected chi connectivity index (χ2v) is 7.67. The number of nitrogens with zero attached hydrogens (tertiary/aromatic N) is 3. The van der Waals surface area contributed by atoms with Gasteiger partial charge in [0.25, 0.3) is 0 Å². The van der Waals surface area contributed by atoms with E-state index in [0.29, 0.717) is 24.3 Å². The largest absolute Gasteiger partial charge is 0.311 e. The summed E-state index contributed by atoms with van der Waals surface area (Å²) in [4.78, 5) is 39.4. The number of amides is 3. The van der Waals surface area contributed by atoms with Crippen LogP contribution in [0, 0.1) is 11.8 Å². The predicted molar refractivity (Wildman–Crippen MR) is 111 cm³/mol. The van der Waals surface area contributed by atoms with Crippen molar-refractivity contribution in [3.05, 3.63) is 71.9 Å². The maximum Gasteiger partial charge on any atom is 0.238 e. The zero-order valence-electron chi connectivity index (χ0n) is 16.4. The van der Waals surface area contributed by atoms with E-state index in [0.717, 1.165) is 16.9 Å². The van der Waals surface area contributed by atoms with Gasteiger partial charge in [-0.15, -0.1) is 0 Å². The minimum Gasteiger partial charge on any atom is -0.311 e. The number of rotatable bonds is 3. The summed E-state index contributed by atoms with van der Waals surface area (Å²) >= 11 is 0. The van der Waals surface area contributed by atoms with Gasteiger partial charge in [0, 0.05) is 18.9 Å². The highest BCUT2D eigenvalue weighted by Gasteiger charge is 2.51. The molecule has 1 aromatic heterocycles. The van der Waals surface area contributed by atoms with Gasteiger partial charge in [-0.05, 0) is 30.7 Å². The van der Waals surface area contributed by atoms with Gasteiger partial charge in [0.15, 0.2) is 0 Å². The summed E-state index contributed by atoms with van der Waals surface area (Å²) in [6.45, 7) is 1.45. The molecular formula is C23H20N4O3. The van der Waals surface area contributed by atoms with Crippen LogP contribution in [0.1, 0.15) is 18.2 Å². The van der Waals surface area contributed by atoms with Crippen molar-refractivity contribution in [2.75, 3.05) is 10.2 Å². The lowest BCUT2D eigenvalue weighted by Crippen LogP contribution is -2.31. The quantitative estimate of drug-likeness (QED) is 0.685. The molecule has 7 nitrogen and oxygen atoms in total. The van der Waals surface area contributed by atoms with Crippen LogP contribution in [0.3, 0.4) is 0 Å². The number of hydrogen-bond acceptors (Lipinski definition) is 4. The summed E-state index contributed by atoms with van der Waals surface area (Å²) in [5.41, 5.74) is 2.98. The Balaban J connectivity index is 1.56. The summed E-state index contributed by atoms with van der Waals surface area (Å²) in [5, 5.41) is 7.59. The van der Waals surface area contributed by atoms with Crippen molar-refractivity contribution in [2.24, 2.45) is 11.8 Å². The first-order valence-electron chi connectivity index (χ1n) is 9.91. The number of benzene rings is 2. The van der Waals surface area contributed by atoms with Crippen molar-refractivity contribution in [3.8, 4) is 5.69 Å². The summed E-state index contributed by atoms with van der Waals surface area (Å²) in [6.07, 6.45) is 0.747. The molecule has 0 bridgehead atoms. The van der Waals surface area contributed by atoms with Gasteiger partial charge in [0.1, 0.15) is 5.82 Å². The van der Waals surface area contributed by atoms with Gasteiger partial charge in [0.05, 0.1) is 28.9 Å². The number of carbonyl (C=O) groups is 3. The zero-order valence-corrected chi connectivity index (χ0v) is 16.4. The number of aromatic nitrogens is 2. The van der Waals surface area contributed by atoms with Gasteiger partial charge in [-0.3, -0.25) is 19.3 Å². The van der Waals surface area contributed by atoms with Crippen molar-refractivity contribution in [1.29, 1.82) is 0 Å². The lowest BCUT2D eigenvalue weighted by atomic mass is 9.80. The van der Waals surface area contributed by atoms with Crippen LogP contribution in [-0.2, 0) is 27.2 Å². The first kappa shape index (κ1) is 18.3. The molecule has 3 aromatic rings. The van der Waals surface area contributed by atoms with E-state index in [1.807, 2.05) is 48.5 Å². The molecule has 2 atom stereocenters. The molecule has 30 heavy (non-hydrogen) atoms. The van der Waals surface area contributed by atoms with Crippen LogP contribution in [-0.4, -0.2) is 27.5 Å². The van der Waals surface area contributed by atoms with Crippen LogP contribution in [0.25, 0.3) is 5.69 Å². The third kappa shape index (κ3) is 2.82. The molecule has 150 valence electrons. The maximum absolute atomic E-state index is 13.2. The van der Waals surface area contributed by atoms with E-state index >= 15 is 0 Å². The molecule has 0 spiro atoms. The van der Waals surface area contributed by atoms with Gasteiger partial charge in [-0.2, -0.15) is 5.10 Å². The molecule has 5 rings (SSSR count). The predicted octanol–water partition coefficient (Wildman–Crippen LogP) is 2.74. The normalized spacial score (nSPS) is 20.1. The van der Waals surface area contributed by atoms with E-state index < -0.39 is 11.8 Å². The molecule has 0 saturated carbocycles. The fourth-order valence-electron chi connectivity index (χ4n) is 4.43. The first-order chi connectivity index (χ1) is 14.5. The Morgan fingerprint density at radius 2 is 1.47 bits per heavy atom. The molecule has 2 heterocycles. The van der Waals surface area contributed by atoms with Gasteiger partial charge < -0.3 is 5.32 Å². The molecule has 1 N–H and O–H groups in total. The minimum atomic E-state index is -0.453. The third-order valence-electron chi connectivity index (χ3n) is 5.77. The number of anilines is 2. The summed E-state index contributed by atoms with van der Waals surface area (Å²) in [6, 6.07) is 18.5. The van der Waals surface area contributed by atoms with Crippen LogP contribution in [0.5, 0.6) is 0 Å². The standard InChI is InChI=1S/C23H20N4O3/c1-14(28)24-21-19-12-17-18(13-20(19)25-27(21)16-10-6-3-7-11-16)23(30)26(22(17)29)15-8-4-2-5-9-15/h2-11,17-18H,12-13H2,1H3,(H,24,28). The molecule has 2 unspecified atom stereocenters. The topological polar surface area (TPSA) is 84.3 Å². The van der Waals surface area contributed by atoms with E-state index in [1.54, 1.807) is 16.8 Å². The summed E-state index contributed by atoms with van der Waals surface area (Å²) in [5.74, 6) is -0.904. The van der Waals surface area contributed by atoms with Gasteiger partial charge in [0.2, 0.25) is 17.7 Å². The molecule has 2 aromatic carbocycles. The fraction of sp³-hybridized carbons (Fsp3) is 0.217. The van der Waals surface area contributed by atoms with Gasteiger partial charge in [-0.25, -0.2) is 4.68 Å². The van der Waals surface area contributed by atoms with Crippen molar-refractivity contribution < 1.29 is 14.4 Å². The number of imide groups is 1. The smallest absolute Gasteiger partial charge is 0.238 e. The highest BCUT2D eigenvalue weighted by atomic mass is 16.2. The van der Waals surface area contributed by atoms with E-state index in [2.05, 4.69) is 5.32 Å². The molecule has 1 saturated heterocycles. The van der Waals surface area contributed by atoms with E-state index in [-0.39, 0.29) is 17.7 Å². The zero-order chi connectivity index (χ0) is 20.8. The molecule has 3 amide bonds. The van der Waals surface area contributed by atoms with Crippen molar-refractivity contribution >= 4 is 29.2 Å². The van der Waals surface area contributed by atoms with Crippen molar-refractivity contribution in [2.45, 2.75) is 19.8 Å². The van der Waals surface area contributed by atoms with Crippen molar-refractivity contribution in [1.82, 2.24) is 9.78 Å². The lowest BCUT2D eigenvalue weighted by Gasteiger charge is -2.21. The Kier molecular flexibility index (Phi) is 4.24. The monoisotopic (exact) mass is 400 g/mol. The first-order valence-corrected chi connectivity index (χ1v) is 9.91. The Morgan fingerprint density at radius 1 is 0.900 bits per heavy atom. The number of nitrogens with one attached hydrogen (secondary N) is 1. The van der Waals surface area contributed by atoms with E-state index in [4.69, 9.17) is 5.10 Å². The average molecular weight is 400 g/mol. The van der Waals surface area contributed by atoms with Gasteiger partial charge in [-0.1, -0.05) is 36.4 Å². The Labute approximate surface area is 173 Å². The van der Waals surface area contributed by atoms with Crippen LogP contribution < -0.4 is 10.2 Å². The highest BCUT2D eigenvalue weighted by molar-refractivity contribution is 6.22. The number of fused-ring (bicyclic) bond motifs is 2.